The Morgan fingerprint density at radius 3 is 2.23 bits per heavy atom. The lowest BCUT2D eigenvalue weighted by atomic mass is 10.1. The normalized spacial score (nSPS) is 11.0. The van der Waals surface area contributed by atoms with E-state index in [2.05, 4.69) is 5.32 Å². The molecule has 162 valence electrons. The summed E-state index contributed by atoms with van der Waals surface area (Å²) in [5.41, 5.74) is 1.25. The summed E-state index contributed by atoms with van der Waals surface area (Å²) in [6.07, 6.45) is 0.619. The summed E-state index contributed by atoms with van der Waals surface area (Å²) in [4.78, 5) is 12.5. The monoisotopic (exact) mass is 442 g/mol. The van der Waals surface area contributed by atoms with Gasteiger partial charge in [0, 0.05) is 6.54 Å². The molecule has 0 atom stereocenters. The second-order valence-electron chi connectivity index (χ2n) is 6.75. The Labute approximate surface area is 181 Å². The van der Waals surface area contributed by atoms with Gasteiger partial charge in [0.25, 0.3) is 10.0 Å². The van der Waals surface area contributed by atoms with Gasteiger partial charge >= 0.3 is 0 Å². The number of nitrogens with zero attached hydrogens (tertiary/aromatic N) is 1. The first-order valence-corrected chi connectivity index (χ1v) is 11.1. The SMILES string of the molecule is COc1ccc(S(=O)(=O)N(CC(=O)NCCc2ccccc2)c2ccc(F)cc2)cc1. The third-order valence-electron chi connectivity index (χ3n) is 4.63. The average molecular weight is 443 g/mol. The van der Waals surface area contributed by atoms with Gasteiger partial charge in [-0.3, -0.25) is 9.10 Å². The smallest absolute Gasteiger partial charge is 0.264 e. The van der Waals surface area contributed by atoms with Gasteiger partial charge in [-0.15, -0.1) is 0 Å². The molecule has 0 aliphatic heterocycles. The highest BCUT2D eigenvalue weighted by Gasteiger charge is 2.27. The number of amides is 1. The van der Waals surface area contributed by atoms with E-state index in [0.29, 0.717) is 18.7 Å². The fourth-order valence-electron chi connectivity index (χ4n) is 2.97. The number of sulfonamides is 1. The minimum Gasteiger partial charge on any atom is -0.497 e. The van der Waals surface area contributed by atoms with E-state index in [1.54, 1.807) is 0 Å². The first kappa shape index (κ1) is 22.3. The molecule has 1 amide bonds. The van der Waals surface area contributed by atoms with Crippen LogP contribution in [0.15, 0.2) is 83.8 Å². The molecule has 3 rings (SSSR count). The number of ether oxygens (including phenoxy) is 1. The molecule has 6 nitrogen and oxygen atoms in total. The molecule has 0 fully saturated rings. The molecule has 31 heavy (non-hydrogen) atoms. The molecule has 0 aliphatic rings. The van der Waals surface area contributed by atoms with E-state index >= 15 is 0 Å². The van der Waals surface area contributed by atoms with Crippen molar-refractivity contribution in [1.82, 2.24) is 5.32 Å². The molecule has 0 unspecified atom stereocenters. The molecule has 0 aliphatic carbocycles. The van der Waals surface area contributed by atoms with E-state index in [0.717, 1.165) is 22.0 Å². The lowest BCUT2D eigenvalue weighted by Crippen LogP contribution is -2.41. The Morgan fingerprint density at radius 1 is 0.968 bits per heavy atom. The van der Waals surface area contributed by atoms with Crippen LogP contribution in [-0.2, 0) is 21.2 Å². The number of carbonyl (C=O) groups is 1. The Hall–Kier alpha value is -3.39. The van der Waals surface area contributed by atoms with Gasteiger partial charge in [-0.05, 0) is 60.5 Å². The van der Waals surface area contributed by atoms with Gasteiger partial charge in [0.2, 0.25) is 5.91 Å². The largest absolute Gasteiger partial charge is 0.497 e. The molecule has 0 radical (unpaired) electrons. The number of nitrogens with one attached hydrogen (secondary N) is 1. The minimum absolute atomic E-state index is 0.00490. The van der Waals surface area contributed by atoms with Gasteiger partial charge in [-0.2, -0.15) is 0 Å². The summed E-state index contributed by atoms with van der Waals surface area (Å²) < 4.78 is 45.9. The van der Waals surface area contributed by atoms with E-state index in [-0.39, 0.29) is 10.6 Å². The van der Waals surface area contributed by atoms with Crippen molar-refractivity contribution in [2.75, 3.05) is 24.5 Å². The van der Waals surface area contributed by atoms with Crippen LogP contribution in [0.4, 0.5) is 10.1 Å². The summed E-state index contributed by atoms with van der Waals surface area (Å²) in [6, 6.07) is 20.4. The van der Waals surface area contributed by atoms with Gasteiger partial charge in [-0.25, -0.2) is 12.8 Å². The maximum Gasteiger partial charge on any atom is 0.264 e. The highest BCUT2D eigenvalue weighted by atomic mass is 32.2. The predicted octanol–water partition coefficient (Wildman–Crippen LogP) is 3.39. The van der Waals surface area contributed by atoms with E-state index < -0.39 is 28.3 Å². The van der Waals surface area contributed by atoms with Crippen molar-refractivity contribution in [3.8, 4) is 5.75 Å². The molecule has 0 aromatic heterocycles. The number of hydrogen-bond donors (Lipinski definition) is 1. The van der Waals surface area contributed by atoms with Crippen molar-refractivity contribution in [3.63, 3.8) is 0 Å². The third kappa shape index (κ3) is 5.82. The topological polar surface area (TPSA) is 75.7 Å². The van der Waals surface area contributed by atoms with Crippen LogP contribution in [-0.4, -0.2) is 34.5 Å². The molecule has 0 bridgehead atoms. The van der Waals surface area contributed by atoms with E-state index in [9.17, 15) is 17.6 Å². The zero-order valence-electron chi connectivity index (χ0n) is 17.0. The molecular formula is C23H23FN2O4S. The van der Waals surface area contributed by atoms with E-state index in [1.807, 2.05) is 30.3 Å². The number of halogens is 1. The minimum atomic E-state index is -4.07. The molecule has 0 heterocycles. The summed E-state index contributed by atoms with van der Waals surface area (Å²) in [5.74, 6) is -0.457. The van der Waals surface area contributed by atoms with Gasteiger partial charge in [0.15, 0.2) is 0 Å². The first-order chi connectivity index (χ1) is 14.9. The van der Waals surface area contributed by atoms with Gasteiger partial charge in [0.1, 0.15) is 18.1 Å². The third-order valence-corrected chi connectivity index (χ3v) is 6.42. The molecular weight excluding hydrogens is 419 g/mol. The Kier molecular flexibility index (Phi) is 7.25. The molecule has 1 N–H and O–H groups in total. The van der Waals surface area contributed by atoms with Crippen LogP contribution in [0.1, 0.15) is 5.56 Å². The molecule has 0 spiro atoms. The van der Waals surface area contributed by atoms with Crippen LogP contribution in [0.3, 0.4) is 0 Å². The number of rotatable bonds is 9. The number of benzene rings is 3. The van der Waals surface area contributed by atoms with Crippen molar-refractivity contribution in [1.29, 1.82) is 0 Å². The maximum atomic E-state index is 13.4. The molecule has 0 saturated heterocycles. The fourth-order valence-corrected chi connectivity index (χ4v) is 4.40. The zero-order valence-corrected chi connectivity index (χ0v) is 17.8. The fraction of sp³-hybridized carbons (Fsp3) is 0.174. The number of methoxy groups -OCH3 is 1. The van der Waals surface area contributed by atoms with Crippen LogP contribution >= 0.6 is 0 Å². The number of anilines is 1. The van der Waals surface area contributed by atoms with Gasteiger partial charge < -0.3 is 10.1 Å². The van der Waals surface area contributed by atoms with Crippen LogP contribution in [0.5, 0.6) is 5.75 Å². The molecule has 8 heteroatoms. The van der Waals surface area contributed by atoms with Gasteiger partial charge in [-0.1, -0.05) is 30.3 Å². The number of hydrogen-bond acceptors (Lipinski definition) is 4. The molecule has 0 saturated carbocycles. The standard InChI is InChI=1S/C23H23FN2O4S/c1-30-21-11-13-22(14-12-21)31(28,29)26(20-9-7-19(24)8-10-20)17-23(27)25-16-15-18-5-3-2-4-6-18/h2-14H,15-17H2,1H3,(H,25,27). The van der Waals surface area contributed by atoms with Crippen LogP contribution < -0.4 is 14.4 Å². The lowest BCUT2D eigenvalue weighted by Gasteiger charge is -2.24. The Bertz CT molecular complexity index is 1100. The van der Waals surface area contributed by atoms with Crippen LogP contribution in [0, 0.1) is 5.82 Å². The Balaban J connectivity index is 1.79. The quantitative estimate of drug-likeness (QED) is 0.551. The number of carbonyl (C=O) groups excluding carboxylic acids is 1. The predicted molar refractivity (Wildman–Crippen MR) is 117 cm³/mol. The van der Waals surface area contributed by atoms with Crippen molar-refractivity contribution in [3.05, 3.63) is 90.2 Å². The summed E-state index contributed by atoms with van der Waals surface area (Å²) in [6.45, 7) is -0.0720. The molecule has 3 aromatic rings. The lowest BCUT2D eigenvalue weighted by molar-refractivity contribution is -0.119. The average Bonchev–Trinajstić information content (AvgIpc) is 2.79. The highest BCUT2D eigenvalue weighted by molar-refractivity contribution is 7.92. The van der Waals surface area contributed by atoms with Crippen molar-refractivity contribution in [2.45, 2.75) is 11.3 Å². The maximum absolute atomic E-state index is 13.4. The van der Waals surface area contributed by atoms with Crippen molar-refractivity contribution in [2.24, 2.45) is 0 Å². The van der Waals surface area contributed by atoms with Crippen LogP contribution in [0.2, 0.25) is 0 Å². The summed E-state index contributed by atoms with van der Waals surface area (Å²) in [7, 11) is -2.59. The molecule has 3 aromatic carbocycles. The summed E-state index contributed by atoms with van der Waals surface area (Å²) in [5, 5.41) is 2.75. The zero-order chi connectivity index (χ0) is 22.3. The second kappa shape index (κ2) is 10.1. The second-order valence-corrected chi connectivity index (χ2v) is 8.61. The van der Waals surface area contributed by atoms with Gasteiger partial charge in [0.05, 0.1) is 17.7 Å². The van der Waals surface area contributed by atoms with Crippen molar-refractivity contribution < 1.29 is 22.3 Å². The van der Waals surface area contributed by atoms with Crippen LogP contribution in [0.25, 0.3) is 0 Å². The van der Waals surface area contributed by atoms with E-state index in [4.69, 9.17) is 4.74 Å². The Morgan fingerprint density at radius 2 is 1.61 bits per heavy atom. The summed E-state index contributed by atoms with van der Waals surface area (Å²) >= 11 is 0. The highest BCUT2D eigenvalue weighted by Crippen LogP contribution is 2.25. The van der Waals surface area contributed by atoms with E-state index in [1.165, 1.54) is 43.5 Å². The van der Waals surface area contributed by atoms with Crippen molar-refractivity contribution >= 4 is 21.6 Å². The first-order valence-electron chi connectivity index (χ1n) is 9.63.